The Bertz CT molecular complexity index is 1090. The SMILES string of the molecule is CC(=O)OCCOC(Cc1cccnc1)c1nc(C(C)C)c(Sc2cccc([N+](=O)[O-])c2)[nH]1. The third-order valence-electron chi connectivity index (χ3n) is 4.67. The van der Waals surface area contributed by atoms with Crippen molar-refractivity contribution in [2.45, 2.75) is 49.1 Å². The predicted molar refractivity (Wildman–Crippen MR) is 123 cm³/mol. The van der Waals surface area contributed by atoms with E-state index in [2.05, 4.69) is 9.97 Å². The lowest BCUT2D eigenvalue weighted by molar-refractivity contribution is -0.385. The minimum absolute atomic E-state index is 0.0362. The van der Waals surface area contributed by atoms with E-state index < -0.39 is 11.0 Å². The van der Waals surface area contributed by atoms with Gasteiger partial charge in [0.25, 0.3) is 5.69 Å². The summed E-state index contributed by atoms with van der Waals surface area (Å²) >= 11 is 1.39. The molecule has 33 heavy (non-hydrogen) atoms. The number of rotatable bonds is 11. The molecule has 10 heteroatoms. The highest BCUT2D eigenvalue weighted by Gasteiger charge is 2.22. The number of hydrogen-bond acceptors (Lipinski definition) is 8. The molecule has 1 atom stereocenters. The van der Waals surface area contributed by atoms with Crippen molar-refractivity contribution in [1.29, 1.82) is 0 Å². The molecule has 3 rings (SSSR count). The number of aromatic amines is 1. The van der Waals surface area contributed by atoms with E-state index in [1.165, 1.54) is 30.8 Å². The van der Waals surface area contributed by atoms with E-state index in [0.29, 0.717) is 12.2 Å². The Hall–Kier alpha value is -3.24. The van der Waals surface area contributed by atoms with Crippen LogP contribution in [0.4, 0.5) is 5.69 Å². The first kappa shape index (κ1) is 24.4. The molecule has 0 aliphatic heterocycles. The Balaban J connectivity index is 1.86. The van der Waals surface area contributed by atoms with Crippen molar-refractivity contribution in [3.8, 4) is 0 Å². The topological polar surface area (TPSA) is 120 Å². The smallest absolute Gasteiger partial charge is 0.302 e. The molecule has 2 heterocycles. The maximum absolute atomic E-state index is 11.1. The van der Waals surface area contributed by atoms with Crippen LogP contribution in [0.5, 0.6) is 0 Å². The number of ether oxygens (including phenoxy) is 2. The second kappa shape index (κ2) is 11.6. The largest absolute Gasteiger partial charge is 0.463 e. The minimum Gasteiger partial charge on any atom is -0.463 e. The van der Waals surface area contributed by atoms with Crippen molar-refractivity contribution in [1.82, 2.24) is 15.0 Å². The van der Waals surface area contributed by atoms with Crippen molar-refractivity contribution < 1.29 is 19.2 Å². The van der Waals surface area contributed by atoms with Gasteiger partial charge >= 0.3 is 5.97 Å². The molecule has 1 N–H and O–H groups in total. The van der Waals surface area contributed by atoms with Gasteiger partial charge in [0.1, 0.15) is 23.6 Å². The summed E-state index contributed by atoms with van der Waals surface area (Å²) in [4.78, 5) is 34.9. The molecule has 3 aromatic rings. The van der Waals surface area contributed by atoms with Gasteiger partial charge in [-0.1, -0.05) is 37.7 Å². The van der Waals surface area contributed by atoms with Gasteiger partial charge in [-0.2, -0.15) is 0 Å². The van der Waals surface area contributed by atoms with E-state index in [9.17, 15) is 14.9 Å². The molecular weight excluding hydrogens is 444 g/mol. The number of nitro benzene ring substituents is 1. The van der Waals surface area contributed by atoms with Crippen LogP contribution in [0.15, 0.2) is 58.7 Å². The molecule has 0 amide bonds. The number of carbonyl (C=O) groups excluding carboxylic acids is 1. The van der Waals surface area contributed by atoms with E-state index in [4.69, 9.17) is 14.5 Å². The van der Waals surface area contributed by atoms with Gasteiger partial charge in [0, 0.05) is 42.8 Å². The molecule has 0 radical (unpaired) electrons. The van der Waals surface area contributed by atoms with Crippen molar-refractivity contribution >= 4 is 23.4 Å². The van der Waals surface area contributed by atoms with Crippen LogP contribution in [0.2, 0.25) is 0 Å². The number of non-ortho nitro benzene ring substituents is 1. The number of nitrogens with one attached hydrogen (secondary N) is 1. The van der Waals surface area contributed by atoms with Gasteiger partial charge in [0.15, 0.2) is 0 Å². The van der Waals surface area contributed by atoms with Crippen LogP contribution in [-0.4, -0.2) is 39.1 Å². The van der Waals surface area contributed by atoms with Crippen LogP contribution in [0.1, 0.15) is 49.9 Å². The third kappa shape index (κ3) is 7.13. The van der Waals surface area contributed by atoms with Gasteiger partial charge in [0.2, 0.25) is 0 Å². The van der Waals surface area contributed by atoms with Crippen LogP contribution >= 0.6 is 11.8 Å². The summed E-state index contributed by atoms with van der Waals surface area (Å²) in [6.45, 7) is 5.79. The number of hydrogen-bond donors (Lipinski definition) is 1. The summed E-state index contributed by atoms with van der Waals surface area (Å²) in [5, 5.41) is 11.9. The first-order chi connectivity index (χ1) is 15.8. The molecule has 0 saturated heterocycles. The lowest BCUT2D eigenvalue weighted by atomic mass is 10.1. The van der Waals surface area contributed by atoms with Gasteiger partial charge < -0.3 is 14.5 Å². The molecule has 174 valence electrons. The first-order valence-electron chi connectivity index (χ1n) is 10.5. The van der Waals surface area contributed by atoms with E-state index in [1.807, 2.05) is 32.0 Å². The van der Waals surface area contributed by atoms with Crippen molar-refractivity contribution in [3.05, 3.63) is 76.0 Å². The molecule has 0 aliphatic rings. The highest BCUT2D eigenvalue weighted by molar-refractivity contribution is 7.99. The molecule has 9 nitrogen and oxygen atoms in total. The van der Waals surface area contributed by atoms with E-state index in [1.54, 1.807) is 18.5 Å². The fraction of sp³-hybridized carbons (Fsp3) is 0.348. The molecule has 1 aromatic carbocycles. The number of benzene rings is 1. The Morgan fingerprint density at radius 2 is 2.06 bits per heavy atom. The predicted octanol–water partition coefficient (Wildman–Crippen LogP) is 4.85. The minimum atomic E-state index is -0.415. The van der Waals surface area contributed by atoms with Crippen molar-refractivity contribution in [2.75, 3.05) is 13.2 Å². The molecular formula is C23H26N4O5S. The van der Waals surface area contributed by atoms with E-state index in [-0.39, 0.29) is 30.8 Å². The maximum Gasteiger partial charge on any atom is 0.302 e. The zero-order valence-corrected chi connectivity index (χ0v) is 19.5. The zero-order valence-electron chi connectivity index (χ0n) is 18.7. The van der Waals surface area contributed by atoms with Crippen LogP contribution in [-0.2, 0) is 20.7 Å². The Morgan fingerprint density at radius 1 is 1.24 bits per heavy atom. The van der Waals surface area contributed by atoms with E-state index in [0.717, 1.165) is 21.2 Å². The van der Waals surface area contributed by atoms with Crippen LogP contribution in [0.25, 0.3) is 0 Å². The fourth-order valence-electron chi connectivity index (χ4n) is 3.13. The monoisotopic (exact) mass is 470 g/mol. The van der Waals surface area contributed by atoms with Crippen LogP contribution in [0.3, 0.4) is 0 Å². The number of carbonyl (C=O) groups is 1. The van der Waals surface area contributed by atoms with Gasteiger partial charge in [0.05, 0.1) is 17.2 Å². The second-order valence-electron chi connectivity index (χ2n) is 7.61. The summed E-state index contributed by atoms with van der Waals surface area (Å²) in [6.07, 6.45) is 3.59. The van der Waals surface area contributed by atoms with Crippen LogP contribution < -0.4 is 0 Å². The highest BCUT2D eigenvalue weighted by atomic mass is 32.2. The number of nitro groups is 1. The quantitative estimate of drug-likeness (QED) is 0.183. The number of H-pyrrole nitrogens is 1. The average molecular weight is 471 g/mol. The first-order valence-corrected chi connectivity index (χ1v) is 11.3. The molecule has 0 bridgehead atoms. The Labute approximate surface area is 196 Å². The second-order valence-corrected chi connectivity index (χ2v) is 8.70. The van der Waals surface area contributed by atoms with Crippen LogP contribution in [0, 0.1) is 10.1 Å². The molecule has 0 aliphatic carbocycles. The lowest BCUT2D eigenvalue weighted by Gasteiger charge is -2.16. The fourth-order valence-corrected chi connectivity index (χ4v) is 4.24. The van der Waals surface area contributed by atoms with Crippen molar-refractivity contribution in [2.24, 2.45) is 0 Å². The number of pyridine rings is 1. The maximum atomic E-state index is 11.1. The standard InChI is InChI=1S/C23H26N4O5S/c1-15(2)21-23(33-19-8-4-7-18(13-19)27(29)30)26-22(25-21)20(32-11-10-31-16(3)28)12-17-6-5-9-24-14-17/h4-9,13-15,20H,10-12H2,1-3H3,(H,25,26). The molecule has 0 spiro atoms. The number of nitrogens with zero attached hydrogens (tertiary/aromatic N) is 3. The zero-order chi connectivity index (χ0) is 23.8. The Kier molecular flexibility index (Phi) is 8.56. The third-order valence-corrected chi connectivity index (χ3v) is 5.67. The number of esters is 1. The van der Waals surface area contributed by atoms with Crippen molar-refractivity contribution in [3.63, 3.8) is 0 Å². The number of imidazole rings is 1. The Morgan fingerprint density at radius 3 is 2.73 bits per heavy atom. The van der Waals surface area contributed by atoms with Gasteiger partial charge in [-0.3, -0.25) is 19.9 Å². The normalized spacial score (nSPS) is 12.0. The average Bonchev–Trinajstić information content (AvgIpc) is 3.20. The summed E-state index contributed by atoms with van der Waals surface area (Å²) in [5.74, 6) is 0.396. The molecule has 0 saturated carbocycles. The van der Waals surface area contributed by atoms with Gasteiger partial charge in [-0.25, -0.2) is 4.98 Å². The summed E-state index contributed by atoms with van der Waals surface area (Å²) in [7, 11) is 0. The highest BCUT2D eigenvalue weighted by Crippen LogP contribution is 2.35. The summed E-state index contributed by atoms with van der Waals surface area (Å²) < 4.78 is 11.0. The van der Waals surface area contributed by atoms with Gasteiger partial charge in [-0.15, -0.1) is 0 Å². The molecule has 1 unspecified atom stereocenters. The summed E-state index contributed by atoms with van der Waals surface area (Å²) in [5.41, 5.74) is 1.86. The summed E-state index contributed by atoms with van der Waals surface area (Å²) in [6, 6.07) is 10.3. The van der Waals surface area contributed by atoms with E-state index >= 15 is 0 Å². The molecule has 2 aromatic heterocycles. The van der Waals surface area contributed by atoms with Gasteiger partial charge in [-0.05, 0) is 23.6 Å². The number of aromatic nitrogens is 3. The lowest BCUT2D eigenvalue weighted by Crippen LogP contribution is -2.15. The molecule has 0 fully saturated rings.